The summed E-state index contributed by atoms with van der Waals surface area (Å²) in [5.74, 6) is -0.0507. The van der Waals surface area contributed by atoms with E-state index in [1.807, 2.05) is 24.3 Å². The van der Waals surface area contributed by atoms with Crippen LogP contribution in [0.25, 0.3) is 22.2 Å². The first-order chi connectivity index (χ1) is 11.0. The fraction of sp³-hybridized carbons (Fsp3) is 0.0588. The Hall–Kier alpha value is -2.60. The maximum Gasteiger partial charge on any atom is 0.228 e. The van der Waals surface area contributed by atoms with Gasteiger partial charge in [-0.2, -0.15) is 0 Å². The first-order valence-electron chi connectivity index (χ1n) is 7.11. The van der Waals surface area contributed by atoms with Gasteiger partial charge >= 0.3 is 0 Å². The zero-order chi connectivity index (χ0) is 16.1. The number of hydrogen-bond donors (Lipinski definition) is 4. The van der Waals surface area contributed by atoms with Crippen molar-refractivity contribution in [2.24, 2.45) is 5.73 Å². The predicted molar refractivity (Wildman–Crippen MR) is 94.8 cm³/mol. The number of hydrogen-bond acceptors (Lipinski definition) is 2. The van der Waals surface area contributed by atoms with E-state index in [1.165, 1.54) is 0 Å². The van der Waals surface area contributed by atoms with Crippen LogP contribution in [-0.4, -0.2) is 16.7 Å². The Morgan fingerprint density at radius 3 is 2.83 bits per heavy atom. The zero-order valence-corrected chi connectivity index (χ0v) is 13.6. The molecule has 0 aliphatic carbocycles. The lowest BCUT2D eigenvalue weighted by molar-refractivity contribution is -0.115. The Kier molecular flexibility index (Phi) is 3.02. The van der Waals surface area contributed by atoms with Gasteiger partial charge in [0.05, 0.1) is 17.8 Å². The average Bonchev–Trinajstić information content (AvgIpc) is 2.78. The van der Waals surface area contributed by atoms with Crippen molar-refractivity contribution in [3.8, 4) is 11.3 Å². The largest absolute Gasteiger partial charge is 0.384 e. The first-order valence-corrected chi connectivity index (χ1v) is 7.91. The van der Waals surface area contributed by atoms with Crippen LogP contribution in [0.1, 0.15) is 11.1 Å². The summed E-state index contributed by atoms with van der Waals surface area (Å²) < 4.78 is 0.967. The van der Waals surface area contributed by atoms with Crippen molar-refractivity contribution in [2.45, 2.75) is 6.42 Å². The number of aromatic nitrogens is 1. The first kappa shape index (κ1) is 14.0. The van der Waals surface area contributed by atoms with Crippen LogP contribution in [0.15, 0.2) is 40.9 Å². The van der Waals surface area contributed by atoms with Crippen LogP contribution >= 0.6 is 15.9 Å². The van der Waals surface area contributed by atoms with Gasteiger partial charge in [-0.1, -0.05) is 15.9 Å². The highest BCUT2D eigenvalue weighted by molar-refractivity contribution is 9.10. The molecule has 6 heteroatoms. The quantitative estimate of drug-likeness (QED) is 0.391. The second kappa shape index (κ2) is 4.96. The lowest BCUT2D eigenvalue weighted by Gasteiger charge is -2.09. The van der Waals surface area contributed by atoms with Crippen LogP contribution in [0.2, 0.25) is 0 Å². The normalized spacial score (nSPS) is 13.2. The van der Waals surface area contributed by atoms with E-state index in [4.69, 9.17) is 11.1 Å². The second-order valence-corrected chi connectivity index (χ2v) is 6.48. The van der Waals surface area contributed by atoms with Crippen molar-refractivity contribution >= 4 is 44.3 Å². The molecule has 5 N–H and O–H groups in total. The Morgan fingerprint density at radius 1 is 1.22 bits per heavy atom. The summed E-state index contributed by atoms with van der Waals surface area (Å²) in [5.41, 5.74) is 10.7. The molecular formula is C17H13BrN4O. The van der Waals surface area contributed by atoms with Crippen LogP contribution in [-0.2, 0) is 11.2 Å². The monoisotopic (exact) mass is 368 g/mol. The number of benzene rings is 2. The fourth-order valence-corrected chi connectivity index (χ4v) is 3.38. The summed E-state index contributed by atoms with van der Waals surface area (Å²) in [5, 5.41) is 11.6. The minimum Gasteiger partial charge on any atom is -0.384 e. The van der Waals surface area contributed by atoms with E-state index in [-0.39, 0.29) is 11.7 Å². The summed E-state index contributed by atoms with van der Waals surface area (Å²) in [7, 11) is 0. The van der Waals surface area contributed by atoms with Crippen LogP contribution in [0.3, 0.4) is 0 Å². The molecule has 23 heavy (non-hydrogen) atoms. The van der Waals surface area contributed by atoms with Gasteiger partial charge in [0, 0.05) is 26.5 Å². The molecule has 1 amide bonds. The molecule has 0 saturated heterocycles. The van der Waals surface area contributed by atoms with Crippen LogP contribution in [0.4, 0.5) is 5.69 Å². The molecule has 2 heterocycles. The maximum atomic E-state index is 12.3. The number of anilines is 1. The van der Waals surface area contributed by atoms with Gasteiger partial charge in [-0.3, -0.25) is 10.2 Å². The van der Waals surface area contributed by atoms with Crippen LogP contribution in [0.5, 0.6) is 0 Å². The summed E-state index contributed by atoms with van der Waals surface area (Å²) in [6, 6.07) is 11.3. The van der Waals surface area contributed by atoms with Crippen molar-refractivity contribution in [3.63, 3.8) is 0 Å². The number of amides is 1. The zero-order valence-electron chi connectivity index (χ0n) is 12.0. The Labute approximate surface area is 140 Å². The molecule has 0 atom stereocenters. The minimum absolute atomic E-state index is 0.00350. The van der Waals surface area contributed by atoms with E-state index < -0.39 is 0 Å². The van der Waals surface area contributed by atoms with Gasteiger partial charge in [0.2, 0.25) is 5.91 Å². The smallest absolute Gasteiger partial charge is 0.228 e. The molecule has 114 valence electrons. The number of aromatic amines is 1. The van der Waals surface area contributed by atoms with E-state index in [9.17, 15) is 4.79 Å². The van der Waals surface area contributed by atoms with E-state index in [0.29, 0.717) is 12.0 Å². The lowest BCUT2D eigenvalue weighted by atomic mass is 10.0. The Bertz CT molecular complexity index is 990. The third kappa shape index (κ3) is 2.22. The number of nitrogens with two attached hydrogens (primary N) is 1. The number of carbonyl (C=O) groups excluding carboxylic acids is 1. The van der Waals surface area contributed by atoms with Gasteiger partial charge in [-0.15, -0.1) is 0 Å². The van der Waals surface area contributed by atoms with E-state index >= 15 is 0 Å². The Morgan fingerprint density at radius 2 is 2.04 bits per heavy atom. The topological polar surface area (TPSA) is 94.8 Å². The highest BCUT2D eigenvalue weighted by Crippen LogP contribution is 2.38. The number of carbonyl (C=O) groups is 1. The standard InChI is InChI=1S/C17H13BrN4O/c18-9-2-4-13-10(6-9)11-7-15(23)21-14-3-1-8(17(19)20)5-12(14)16(11)22-13/h1-6,22H,7H2,(H3,19,20)(H,21,23). The molecule has 2 aromatic carbocycles. The Balaban J connectivity index is 2.06. The van der Waals surface area contributed by atoms with Crippen molar-refractivity contribution in [3.05, 3.63) is 52.0 Å². The van der Waals surface area contributed by atoms with Crippen molar-refractivity contribution in [1.29, 1.82) is 5.41 Å². The number of halogens is 1. The number of nitrogen functional groups attached to an aromatic ring is 1. The number of rotatable bonds is 1. The molecule has 1 aromatic heterocycles. The fourth-order valence-electron chi connectivity index (χ4n) is 3.02. The summed E-state index contributed by atoms with van der Waals surface area (Å²) >= 11 is 3.48. The molecule has 0 spiro atoms. The number of amidine groups is 1. The van der Waals surface area contributed by atoms with Gasteiger partial charge in [0.25, 0.3) is 0 Å². The molecule has 0 bridgehead atoms. The number of fused-ring (bicyclic) bond motifs is 5. The number of nitrogens with one attached hydrogen (secondary N) is 3. The molecule has 0 radical (unpaired) electrons. The molecule has 4 rings (SSSR count). The number of H-pyrrole nitrogens is 1. The van der Waals surface area contributed by atoms with E-state index in [1.54, 1.807) is 12.1 Å². The molecule has 0 saturated carbocycles. The van der Waals surface area contributed by atoms with Crippen molar-refractivity contribution in [1.82, 2.24) is 4.98 Å². The lowest BCUT2D eigenvalue weighted by Crippen LogP contribution is -2.13. The highest BCUT2D eigenvalue weighted by Gasteiger charge is 2.23. The highest BCUT2D eigenvalue weighted by atomic mass is 79.9. The predicted octanol–water partition coefficient (Wildman–Crippen LogP) is 3.38. The molecule has 0 fully saturated rings. The SMILES string of the molecule is N=C(N)c1ccc2c(c1)-c1[nH]c3ccc(Br)cc3c1CC(=O)N2. The summed E-state index contributed by atoms with van der Waals surface area (Å²) in [4.78, 5) is 15.7. The van der Waals surface area contributed by atoms with Crippen molar-refractivity contribution < 1.29 is 4.79 Å². The average molecular weight is 369 g/mol. The van der Waals surface area contributed by atoms with Crippen molar-refractivity contribution in [2.75, 3.05) is 5.32 Å². The minimum atomic E-state index is -0.0542. The second-order valence-electron chi connectivity index (χ2n) is 5.57. The van der Waals surface area contributed by atoms with Gasteiger partial charge in [0.1, 0.15) is 5.84 Å². The van der Waals surface area contributed by atoms with Gasteiger partial charge in [-0.05, 0) is 42.0 Å². The van der Waals surface area contributed by atoms with Crippen LogP contribution in [0, 0.1) is 5.41 Å². The van der Waals surface area contributed by atoms with Gasteiger partial charge < -0.3 is 16.0 Å². The van der Waals surface area contributed by atoms with Gasteiger partial charge in [-0.25, -0.2) is 0 Å². The van der Waals surface area contributed by atoms with E-state index in [2.05, 4.69) is 26.2 Å². The molecule has 1 aliphatic heterocycles. The summed E-state index contributed by atoms with van der Waals surface area (Å²) in [6.07, 6.45) is 0.301. The van der Waals surface area contributed by atoms with E-state index in [0.717, 1.165) is 37.9 Å². The third-order valence-electron chi connectivity index (χ3n) is 4.08. The molecule has 0 unspecified atom stereocenters. The molecular weight excluding hydrogens is 356 g/mol. The van der Waals surface area contributed by atoms with Crippen LogP contribution < -0.4 is 11.1 Å². The third-order valence-corrected chi connectivity index (χ3v) is 4.57. The molecule has 5 nitrogen and oxygen atoms in total. The summed E-state index contributed by atoms with van der Waals surface area (Å²) in [6.45, 7) is 0. The molecule has 1 aliphatic rings. The maximum absolute atomic E-state index is 12.3. The molecule has 3 aromatic rings. The van der Waals surface area contributed by atoms with Gasteiger partial charge in [0.15, 0.2) is 0 Å².